The first-order valence-corrected chi connectivity index (χ1v) is 7.45. The minimum absolute atomic E-state index is 0.754. The second-order valence-corrected chi connectivity index (χ2v) is 6.65. The fraction of sp³-hybridized carbons (Fsp3) is 0.714. The molecule has 1 saturated heterocycles. The molecule has 0 aliphatic carbocycles. The van der Waals surface area contributed by atoms with E-state index >= 15 is 0 Å². The summed E-state index contributed by atoms with van der Waals surface area (Å²) in [5.74, 6) is 0. The molecule has 2 heterocycles. The molecule has 1 fully saturated rings. The van der Waals surface area contributed by atoms with Gasteiger partial charge in [0.15, 0.2) is 0 Å². The predicted octanol–water partition coefficient (Wildman–Crippen LogP) is 2.94. The van der Waals surface area contributed by atoms with Crippen molar-refractivity contribution in [1.82, 2.24) is 10.2 Å². The first-order valence-electron chi connectivity index (χ1n) is 6.63. The lowest BCUT2D eigenvalue weighted by atomic mass is 10.1. The molecule has 2 nitrogen and oxygen atoms in total. The van der Waals surface area contributed by atoms with Crippen LogP contribution in [0.4, 0.5) is 0 Å². The van der Waals surface area contributed by atoms with Gasteiger partial charge in [-0.3, -0.25) is 4.90 Å². The highest BCUT2D eigenvalue weighted by Crippen LogP contribution is 2.23. The van der Waals surface area contributed by atoms with E-state index in [9.17, 15) is 0 Å². The number of hydrogen-bond donors (Lipinski definition) is 1. The molecule has 1 aromatic rings. The molecule has 2 rings (SSSR count). The summed E-state index contributed by atoms with van der Waals surface area (Å²) in [5, 5.41) is 3.49. The van der Waals surface area contributed by atoms with Crippen LogP contribution in [0, 0.1) is 13.8 Å². The highest BCUT2D eigenvalue weighted by atomic mass is 32.1. The Morgan fingerprint density at radius 3 is 2.88 bits per heavy atom. The molecule has 0 aromatic carbocycles. The van der Waals surface area contributed by atoms with E-state index in [2.05, 4.69) is 37.2 Å². The molecular weight excluding hydrogens is 228 g/mol. The second kappa shape index (κ2) is 5.98. The van der Waals surface area contributed by atoms with E-state index in [1.165, 1.54) is 47.7 Å². The highest BCUT2D eigenvalue weighted by Gasteiger charge is 2.17. The number of nitrogens with one attached hydrogen (secondary N) is 1. The lowest BCUT2D eigenvalue weighted by molar-refractivity contribution is 0.216. The van der Waals surface area contributed by atoms with Crippen LogP contribution in [0.2, 0.25) is 0 Å². The smallest absolute Gasteiger partial charge is 0.0244 e. The van der Waals surface area contributed by atoms with Gasteiger partial charge in [0, 0.05) is 22.3 Å². The fourth-order valence-electron chi connectivity index (χ4n) is 2.68. The maximum Gasteiger partial charge on any atom is 0.0244 e. The summed E-state index contributed by atoms with van der Waals surface area (Å²) in [6.45, 7) is 7.94. The fourth-order valence-corrected chi connectivity index (χ4v) is 3.62. The summed E-state index contributed by atoms with van der Waals surface area (Å²) in [5.41, 5.74) is 1.52. The molecule has 0 radical (unpaired) electrons. The molecule has 17 heavy (non-hydrogen) atoms. The lowest BCUT2D eigenvalue weighted by Gasteiger charge is -2.26. The van der Waals surface area contributed by atoms with E-state index in [0.717, 1.165) is 12.6 Å². The third kappa shape index (κ3) is 3.54. The van der Waals surface area contributed by atoms with Gasteiger partial charge in [-0.15, -0.1) is 11.3 Å². The first kappa shape index (κ1) is 13.1. The maximum atomic E-state index is 3.49. The minimum Gasteiger partial charge on any atom is -0.317 e. The molecule has 0 bridgehead atoms. The largest absolute Gasteiger partial charge is 0.317 e. The molecule has 1 aliphatic heterocycles. The van der Waals surface area contributed by atoms with Crippen LogP contribution in [0.1, 0.15) is 34.6 Å². The Labute approximate surface area is 109 Å². The van der Waals surface area contributed by atoms with Gasteiger partial charge in [0.25, 0.3) is 0 Å². The van der Waals surface area contributed by atoms with Gasteiger partial charge in [-0.25, -0.2) is 0 Å². The zero-order valence-corrected chi connectivity index (χ0v) is 12.1. The van der Waals surface area contributed by atoms with Gasteiger partial charge in [0.1, 0.15) is 0 Å². The van der Waals surface area contributed by atoms with Crippen LogP contribution in [0.5, 0.6) is 0 Å². The second-order valence-electron chi connectivity index (χ2n) is 5.19. The molecule has 1 N–H and O–H groups in total. The Morgan fingerprint density at radius 1 is 1.35 bits per heavy atom. The van der Waals surface area contributed by atoms with Crippen LogP contribution in [0.25, 0.3) is 0 Å². The minimum atomic E-state index is 0.754. The number of thiophene rings is 1. The van der Waals surface area contributed by atoms with Crippen molar-refractivity contribution in [2.24, 2.45) is 0 Å². The Bertz CT molecular complexity index is 351. The third-order valence-corrected chi connectivity index (χ3v) is 4.74. The summed E-state index contributed by atoms with van der Waals surface area (Å²) in [4.78, 5) is 5.47. The van der Waals surface area contributed by atoms with Crippen molar-refractivity contribution in [3.05, 3.63) is 21.4 Å². The summed E-state index contributed by atoms with van der Waals surface area (Å²) in [6.07, 6.45) is 3.95. The van der Waals surface area contributed by atoms with Crippen LogP contribution in [-0.2, 0) is 6.54 Å². The van der Waals surface area contributed by atoms with Crippen LogP contribution < -0.4 is 5.32 Å². The van der Waals surface area contributed by atoms with Crippen molar-refractivity contribution in [3.8, 4) is 0 Å². The van der Waals surface area contributed by atoms with Gasteiger partial charge < -0.3 is 5.32 Å². The molecule has 1 unspecified atom stereocenters. The Morgan fingerprint density at radius 2 is 2.18 bits per heavy atom. The van der Waals surface area contributed by atoms with E-state index in [1.807, 2.05) is 11.3 Å². The molecule has 1 aromatic heterocycles. The number of nitrogens with zero attached hydrogens (tertiary/aromatic N) is 1. The maximum absolute atomic E-state index is 3.49. The van der Waals surface area contributed by atoms with Gasteiger partial charge in [-0.2, -0.15) is 0 Å². The monoisotopic (exact) mass is 252 g/mol. The standard InChI is InChI=1S/C14H24N2S/c1-11-9-13(12(2)17-11)10-16(3)14-5-4-7-15-8-6-14/h9,14-15H,4-8,10H2,1-3H3. The third-order valence-electron chi connectivity index (χ3n) is 3.73. The Kier molecular flexibility index (Phi) is 4.60. The average Bonchev–Trinajstić information content (AvgIpc) is 2.54. The Balaban J connectivity index is 1.95. The van der Waals surface area contributed by atoms with Gasteiger partial charge in [-0.05, 0) is 64.9 Å². The summed E-state index contributed by atoms with van der Waals surface area (Å²) in [7, 11) is 2.28. The number of rotatable bonds is 3. The van der Waals surface area contributed by atoms with E-state index in [0.29, 0.717) is 0 Å². The average molecular weight is 252 g/mol. The summed E-state index contributed by atoms with van der Waals surface area (Å²) in [6, 6.07) is 3.11. The molecule has 96 valence electrons. The van der Waals surface area contributed by atoms with Crippen LogP contribution in [-0.4, -0.2) is 31.1 Å². The summed E-state index contributed by atoms with van der Waals surface area (Å²) < 4.78 is 0. The molecule has 3 heteroatoms. The van der Waals surface area contributed by atoms with Crippen molar-refractivity contribution in [2.45, 2.75) is 45.7 Å². The van der Waals surface area contributed by atoms with Crippen molar-refractivity contribution in [1.29, 1.82) is 0 Å². The number of aryl methyl sites for hydroxylation is 2. The van der Waals surface area contributed by atoms with Gasteiger partial charge in [-0.1, -0.05) is 0 Å². The SMILES string of the molecule is Cc1cc(CN(C)C2CCCNCC2)c(C)s1. The summed E-state index contributed by atoms with van der Waals surface area (Å²) >= 11 is 1.92. The normalized spacial score (nSPS) is 21.8. The topological polar surface area (TPSA) is 15.3 Å². The van der Waals surface area contributed by atoms with Crippen molar-refractivity contribution >= 4 is 11.3 Å². The van der Waals surface area contributed by atoms with Gasteiger partial charge in [0.2, 0.25) is 0 Å². The lowest BCUT2D eigenvalue weighted by Crippen LogP contribution is -2.32. The number of hydrogen-bond acceptors (Lipinski definition) is 3. The van der Waals surface area contributed by atoms with Gasteiger partial charge in [0.05, 0.1) is 0 Å². The predicted molar refractivity (Wildman–Crippen MR) is 75.8 cm³/mol. The van der Waals surface area contributed by atoms with E-state index < -0.39 is 0 Å². The first-order chi connectivity index (χ1) is 8.16. The van der Waals surface area contributed by atoms with Crippen LogP contribution >= 0.6 is 11.3 Å². The molecular formula is C14H24N2S. The van der Waals surface area contributed by atoms with Gasteiger partial charge >= 0.3 is 0 Å². The highest BCUT2D eigenvalue weighted by molar-refractivity contribution is 7.12. The van der Waals surface area contributed by atoms with E-state index in [4.69, 9.17) is 0 Å². The van der Waals surface area contributed by atoms with Crippen molar-refractivity contribution in [2.75, 3.05) is 20.1 Å². The van der Waals surface area contributed by atoms with Crippen molar-refractivity contribution < 1.29 is 0 Å². The van der Waals surface area contributed by atoms with Crippen molar-refractivity contribution in [3.63, 3.8) is 0 Å². The molecule has 1 atom stereocenters. The molecule has 0 spiro atoms. The quantitative estimate of drug-likeness (QED) is 0.890. The Hall–Kier alpha value is -0.380. The van der Waals surface area contributed by atoms with Crippen LogP contribution in [0.15, 0.2) is 6.07 Å². The zero-order chi connectivity index (χ0) is 12.3. The molecule has 0 amide bonds. The molecule has 0 saturated carbocycles. The zero-order valence-electron chi connectivity index (χ0n) is 11.3. The molecule has 1 aliphatic rings. The van der Waals surface area contributed by atoms with E-state index in [-0.39, 0.29) is 0 Å². The van der Waals surface area contributed by atoms with E-state index in [1.54, 1.807) is 0 Å². The van der Waals surface area contributed by atoms with Crippen LogP contribution in [0.3, 0.4) is 0 Å².